The summed E-state index contributed by atoms with van der Waals surface area (Å²) in [7, 11) is -4.08. The average molecular weight is 393 g/mol. The second kappa shape index (κ2) is 7.69. The lowest BCUT2D eigenvalue weighted by Gasteiger charge is -2.31. The summed E-state index contributed by atoms with van der Waals surface area (Å²) in [5.41, 5.74) is 0.537. The van der Waals surface area contributed by atoms with Crippen LogP contribution in [0.2, 0.25) is 0 Å². The fraction of sp³-hybridized carbons (Fsp3) is 0.278. The number of piperidine rings is 1. The fourth-order valence-corrected chi connectivity index (χ4v) is 5.11. The van der Waals surface area contributed by atoms with Gasteiger partial charge in [0.15, 0.2) is 0 Å². The van der Waals surface area contributed by atoms with Gasteiger partial charge >= 0.3 is 5.97 Å². The second-order valence-corrected chi connectivity index (χ2v) is 8.75. The number of primary sulfonamides is 1. The molecule has 6 nitrogen and oxygen atoms in total. The van der Waals surface area contributed by atoms with Crippen molar-refractivity contribution in [1.82, 2.24) is 0 Å². The van der Waals surface area contributed by atoms with Crippen LogP contribution >= 0.6 is 11.8 Å². The van der Waals surface area contributed by atoms with E-state index in [2.05, 4.69) is 4.90 Å². The second-order valence-electron chi connectivity index (χ2n) is 6.14. The molecule has 0 amide bonds. The van der Waals surface area contributed by atoms with Gasteiger partial charge in [0, 0.05) is 18.0 Å². The lowest BCUT2D eigenvalue weighted by Crippen LogP contribution is -2.30. The number of hydrogen-bond acceptors (Lipinski definition) is 5. The molecule has 1 saturated heterocycles. The van der Waals surface area contributed by atoms with Gasteiger partial charge < -0.3 is 10.0 Å². The summed E-state index contributed by atoms with van der Waals surface area (Å²) < 4.78 is 24.4. The molecule has 0 aliphatic carbocycles. The first-order valence-corrected chi connectivity index (χ1v) is 10.6. The van der Waals surface area contributed by atoms with Crippen molar-refractivity contribution in [2.75, 3.05) is 18.0 Å². The monoisotopic (exact) mass is 392 g/mol. The van der Waals surface area contributed by atoms with Gasteiger partial charge in [0.05, 0.1) is 21.0 Å². The molecule has 2 aromatic rings. The highest BCUT2D eigenvalue weighted by atomic mass is 32.2. The van der Waals surface area contributed by atoms with Gasteiger partial charge in [-0.1, -0.05) is 30.0 Å². The molecule has 0 aromatic heterocycles. The molecule has 0 atom stereocenters. The Morgan fingerprint density at radius 3 is 2.31 bits per heavy atom. The third-order valence-corrected chi connectivity index (χ3v) is 6.45. The van der Waals surface area contributed by atoms with Crippen LogP contribution in [-0.2, 0) is 10.0 Å². The largest absolute Gasteiger partial charge is 0.478 e. The number of rotatable bonds is 5. The van der Waals surface area contributed by atoms with Crippen molar-refractivity contribution < 1.29 is 18.3 Å². The summed E-state index contributed by atoms with van der Waals surface area (Å²) in [4.78, 5) is 14.8. The van der Waals surface area contributed by atoms with Gasteiger partial charge in [-0.2, -0.15) is 0 Å². The van der Waals surface area contributed by atoms with E-state index in [0.29, 0.717) is 10.6 Å². The van der Waals surface area contributed by atoms with Crippen LogP contribution in [0.3, 0.4) is 0 Å². The van der Waals surface area contributed by atoms with Crippen LogP contribution < -0.4 is 10.0 Å². The first-order valence-electron chi connectivity index (χ1n) is 8.28. The molecular formula is C18H20N2O4S2. The van der Waals surface area contributed by atoms with E-state index in [1.807, 2.05) is 30.3 Å². The molecule has 138 valence electrons. The van der Waals surface area contributed by atoms with Crippen molar-refractivity contribution in [2.24, 2.45) is 5.14 Å². The maximum absolute atomic E-state index is 12.2. The van der Waals surface area contributed by atoms with Gasteiger partial charge in [-0.3, -0.25) is 0 Å². The molecule has 1 fully saturated rings. The normalized spacial score (nSPS) is 15.0. The lowest BCUT2D eigenvalue weighted by atomic mass is 10.1. The minimum Gasteiger partial charge on any atom is -0.478 e. The van der Waals surface area contributed by atoms with E-state index >= 15 is 0 Å². The van der Waals surface area contributed by atoms with E-state index < -0.39 is 16.0 Å². The number of hydrogen-bond donors (Lipinski definition) is 2. The quantitative estimate of drug-likeness (QED) is 0.810. The Morgan fingerprint density at radius 2 is 1.73 bits per heavy atom. The van der Waals surface area contributed by atoms with E-state index in [0.717, 1.165) is 43.3 Å². The Labute approximate surface area is 157 Å². The number of nitrogens with two attached hydrogens (primary N) is 1. The zero-order valence-corrected chi connectivity index (χ0v) is 15.7. The van der Waals surface area contributed by atoms with Crippen LogP contribution in [0, 0.1) is 0 Å². The molecule has 0 unspecified atom stereocenters. The van der Waals surface area contributed by atoms with E-state index in [-0.39, 0.29) is 10.5 Å². The van der Waals surface area contributed by atoms with Crippen LogP contribution in [0.1, 0.15) is 29.6 Å². The molecule has 1 aliphatic rings. The van der Waals surface area contributed by atoms with Gasteiger partial charge in [-0.25, -0.2) is 18.4 Å². The number of carbonyl (C=O) groups is 1. The van der Waals surface area contributed by atoms with E-state index in [1.54, 1.807) is 6.07 Å². The number of aromatic carboxylic acids is 1. The summed E-state index contributed by atoms with van der Waals surface area (Å²) in [5, 5.41) is 14.8. The van der Waals surface area contributed by atoms with Crippen molar-refractivity contribution in [3.8, 4) is 0 Å². The Kier molecular flexibility index (Phi) is 5.55. The van der Waals surface area contributed by atoms with E-state index in [1.165, 1.54) is 11.8 Å². The molecule has 26 heavy (non-hydrogen) atoms. The van der Waals surface area contributed by atoms with Gasteiger partial charge in [0.2, 0.25) is 10.0 Å². The van der Waals surface area contributed by atoms with Crippen molar-refractivity contribution >= 4 is 33.4 Å². The molecule has 1 heterocycles. The summed E-state index contributed by atoms with van der Waals surface area (Å²) in [6.45, 7) is 1.52. The van der Waals surface area contributed by atoms with Gasteiger partial charge in [-0.05, 0) is 43.5 Å². The highest BCUT2D eigenvalue weighted by Gasteiger charge is 2.25. The van der Waals surface area contributed by atoms with Crippen molar-refractivity contribution in [3.05, 3.63) is 48.0 Å². The molecular weight excluding hydrogens is 372 g/mol. The van der Waals surface area contributed by atoms with Crippen molar-refractivity contribution in [3.63, 3.8) is 0 Å². The summed E-state index contributed by atoms with van der Waals surface area (Å²) in [5.74, 6) is -1.18. The third-order valence-electron chi connectivity index (χ3n) is 4.25. The number of carboxylic acids is 1. The van der Waals surface area contributed by atoms with Gasteiger partial charge in [-0.15, -0.1) is 0 Å². The Morgan fingerprint density at radius 1 is 1.08 bits per heavy atom. The van der Waals surface area contributed by atoms with Crippen LogP contribution in [0.4, 0.5) is 5.69 Å². The summed E-state index contributed by atoms with van der Waals surface area (Å²) in [6.07, 6.45) is 3.08. The zero-order valence-electron chi connectivity index (χ0n) is 14.1. The number of anilines is 1. The number of nitrogens with zero attached hydrogens (tertiary/aromatic N) is 1. The smallest absolute Gasteiger partial charge is 0.335 e. The number of sulfonamides is 1. The molecule has 3 rings (SSSR count). The predicted molar refractivity (Wildman–Crippen MR) is 101 cm³/mol. The summed E-state index contributed by atoms with van der Waals surface area (Å²) >= 11 is 1.29. The van der Waals surface area contributed by atoms with E-state index in [9.17, 15) is 18.3 Å². The standard InChI is InChI=1S/C18H20N2O4S2/c19-26(23,24)16-12-13(18(21)22)11-15(20-9-5-2-6-10-20)17(16)25-14-7-3-1-4-8-14/h1,3-4,7-8,11-12H,2,5-6,9-10H2,(H,21,22)(H2,19,23,24). The maximum Gasteiger partial charge on any atom is 0.335 e. The summed E-state index contributed by atoms with van der Waals surface area (Å²) in [6, 6.07) is 12.1. The van der Waals surface area contributed by atoms with Crippen LogP contribution in [-0.4, -0.2) is 32.6 Å². The Hall–Kier alpha value is -2.03. The van der Waals surface area contributed by atoms with Crippen LogP contribution in [0.25, 0.3) is 0 Å². The molecule has 3 N–H and O–H groups in total. The minimum atomic E-state index is -4.08. The molecule has 0 saturated carbocycles. The van der Waals surface area contributed by atoms with E-state index in [4.69, 9.17) is 5.14 Å². The molecule has 8 heteroatoms. The van der Waals surface area contributed by atoms with Crippen molar-refractivity contribution in [1.29, 1.82) is 0 Å². The molecule has 0 spiro atoms. The molecule has 2 aromatic carbocycles. The van der Waals surface area contributed by atoms with Crippen LogP contribution in [0.15, 0.2) is 57.2 Å². The molecule has 0 radical (unpaired) electrons. The minimum absolute atomic E-state index is 0.0768. The number of carboxylic acid groups (broad SMARTS) is 1. The highest BCUT2D eigenvalue weighted by Crippen LogP contribution is 2.41. The zero-order chi connectivity index (χ0) is 18.7. The molecule has 1 aliphatic heterocycles. The topological polar surface area (TPSA) is 101 Å². The fourth-order valence-electron chi connectivity index (χ4n) is 3.00. The Bertz CT molecular complexity index is 908. The van der Waals surface area contributed by atoms with Crippen LogP contribution in [0.5, 0.6) is 0 Å². The Balaban J connectivity index is 2.20. The number of benzene rings is 2. The van der Waals surface area contributed by atoms with Crippen molar-refractivity contribution in [2.45, 2.75) is 33.9 Å². The molecule has 0 bridgehead atoms. The first kappa shape index (κ1) is 18.8. The lowest BCUT2D eigenvalue weighted by molar-refractivity contribution is 0.0696. The van der Waals surface area contributed by atoms with Gasteiger partial charge in [0.25, 0.3) is 0 Å². The average Bonchev–Trinajstić information content (AvgIpc) is 2.62. The SMILES string of the molecule is NS(=O)(=O)c1cc(C(=O)O)cc(N2CCCCC2)c1Sc1ccccc1. The predicted octanol–water partition coefficient (Wildman–Crippen LogP) is 3.17. The third kappa shape index (κ3) is 4.20. The highest BCUT2D eigenvalue weighted by molar-refractivity contribution is 8.00. The van der Waals surface area contributed by atoms with Gasteiger partial charge in [0.1, 0.15) is 0 Å². The maximum atomic E-state index is 12.2. The first-order chi connectivity index (χ1) is 12.4.